The lowest BCUT2D eigenvalue weighted by Gasteiger charge is -2.21. The molecule has 174 valence electrons. The Kier molecular flexibility index (Phi) is 10.2. The van der Waals surface area contributed by atoms with Crippen molar-refractivity contribution in [1.29, 1.82) is 0 Å². The molecular formula is C26H37N3O3. The molecule has 6 heteroatoms. The Balaban J connectivity index is 1.90. The van der Waals surface area contributed by atoms with E-state index >= 15 is 0 Å². The average molecular weight is 440 g/mol. The lowest BCUT2D eigenvalue weighted by molar-refractivity contribution is -0.129. The number of phenols is 1. The molecule has 2 rings (SSSR count). The van der Waals surface area contributed by atoms with E-state index in [-0.39, 0.29) is 17.6 Å². The number of nitrogens with two attached hydrogens (primary N) is 1. The normalized spacial score (nSPS) is 12.8. The van der Waals surface area contributed by atoms with Crippen molar-refractivity contribution in [3.8, 4) is 5.75 Å². The van der Waals surface area contributed by atoms with E-state index < -0.39 is 12.1 Å². The van der Waals surface area contributed by atoms with E-state index in [0.29, 0.717) is 19.4 Å². The molecule has 0 aromatic heterocycles. The molecule has 0 saturated carbocycles. The number of unbranched alkanes of at least 4 members (excludes halogenated alkanes) is 1. The third-order valence-corrected chi connectivity index (χ3v) is 5.71. The van der Waals surface area contributed by atoms with Crippen LogP contribution in [0.5, 0.6) is 5.75 Å². The van der Waals surface area contributed by atoms with Gasteiger partial charge >= 0.3 is 0 Å². The minimum Gasteiger partial charge on any atom is -0.508 e. The summed E-state index contributed by atoms with van der Waals surface area (Å²) in [6.45, 7) is 6.39. The largest absolute Gasteiger partial charge is 0.508 e. The molecule has 5 N–H and O–H groups in total. The fraction of sp³-hybridized carbons (Fsp3) is 0.462. The Bertz CT molecular complexity index is 860. The highest BCUT2D eigenvalue weighted by Crippen LogP contribution is 2.21. The van der Waals surface area contributed by atoms with E-state index in [1.165, 1.54) is 5.56 Å². The van der Waals surface area contributed by atoms with Gasteiger partial charge in [-0.2, -0.15) is 0 Å². The van der Waals surface area contributed by atoms with Gasteiger partial charge in [0.05, 0.1) is 6.04 Å². The third kappa shape index (κ3) is 8.00. The summed E-state index contributed by atoms with van der Waals surface area (Å²) in [6, 6.07) is 12.1. The quantitative estimate of drug-likeness (QED) is 0.381. The van der Waals surface area contributed by atoms with Crippen LogP contribution in [-0.2, 0) is 22.4 Å². The zero-order valence-electron chi connectivity index (χ0n) is 19.5. The molecule has 0 aliphatic carbocycles. The van der Waals surface area contributed by atoms with Crippen LogP contribution in [-0.4, -0.2) is 35.5 Å². The number of hydrogen-bond donors (Lipinski definition) is 4. The van der Waals surface area contributed by atoms with Crippen molar-refractivity contribution >= 4 is 11.8 Å². The van der Waals surface area contributed by atoms with Gasteiger partial charge in [0.2, 0.25) is 11.8 Å². The smallest absolute Gasteiger partial charge is 0.242 e. The molecule has 0 radical (unpaired) electrons. The lowest BCUT2D eigenvalue weighted by atomic mass is 9.95. The van der Waals surface area contributed by atoms with Crippen molar-refractivity contribution in [2.45, 2.75) is 71.4 Å². The number of hydrogen-bond acceptors (Lipinski definition) is 4. The Morgan fingerprint density at radius 2 is 1.69 bits per heavy atom. The first-order valence-electron chi connectivity index (χ1n) is 11.5. The van der Waals surface area contributed by atoms with E-state index in [0.717, 1.165) is 42.4 Å². The third-order valence-electron chi connectivity index (χ3n) is 5.71. The van der Waals surface area contributed by atoms with Crippen LogP contribution in [0.3, 0.4) is 0 Å². The molecule has 6 nitrogen and oxygen atoms in total. The van der Waals surface area contributed by atoms with Crippen molar-refractivity contribution < 1.29 is 14.7 Å². The minimum absolute atomic E-state index is 0.163. The molecule has 0 bridgehead atoms. The van der Waals surface area contributed by atoms with E-state index in [1.807, 2.05) is 32.0 Å². The van der Waals surface area contributed by atoms with Gasteiger partial charge in [-0.15, -0.1) is 0 Å². The molecule has 2 atom stereocenters. The van der Waals surface area contributed by atoms with Crippen LogP contribution in [0.25, 0.3) is 0 Å². The van der Waals surface area contributed by atoms with Crippen LogP contribution in [0.15, 0.2) is 42.5 Å². The second-order valence-corrected chi connectivity index (χ2v) is 8.45. The standard InChI is InChI=1S/C26H37N3O3/c1-4-5-13-24(26(32)28-14-9-12-20-10-7-6-8-11-20)29-25(31)23(27)17-22-18(2)15-21(30)16-19(22)3/h6-8,10-11,15-16,23-24,30H,4-5,9,12-14,17,27H2,1-3H3,(H,28,32)(H,29,31)/t23-,24+/m0/s1. The van der Waals surface area contributed by atoms with Crippen molar-refractivity contribution in [1.82, 2.24) is 10.6 Å². The molecule has 0 heterocycles. The number of phenolic OH excluding ortho intramolecular Hbond substituents is 1. The van der Waals surface area contributed by atoms with Crippen LogP contribution in [0.2, 0.25) is 0 Å². The Morgan fingerprint density at radius 1 is 1.03 bits per heavy atom. The number of aromatic hydroxyl groups is 1. The fourth-order valence-corrected chi connectivity index (χ4v) is 3.83. The maximum absolute atomic E-state index is 12.8. The van der Waals surface area contributed by atoms with E-state index in [1.54, 1.807) is 12.1 Å². The van der Waals surface area contributed by atoms with Gasteiger partial charge in [-0.05, 0) is 73.9 Å². The topological polar surface area (TPSA) is 104 Å². The number of nitrogens with one attached hydrogen (secondary N) is 2. The van der Waals surface area contributed by atoms with Gasteiger partial charge in [0.25, 0.3) is 0 Å². The van der Waals surface area contributed by atoms with Gasteiger partial charge in [0, 0.05) is 6.54 Å². The average Bonchev–Trinajstić information content (AvgIpc) is 2.76. The number of aryl methyl sites for hydroxylation is 3. The van der Waals surface area contributed by atoms with E-state index in [4.69, 9.17) is 5.73 Å². The number of carbonyl (C=O) groups is 2. The summed E-state index contributed by atoms with van der Waals surface area (Å²) in [4.78, 5) is 25.5. The monoisotopic (exact) mass is 439 g/mol. The molecule has 0 aliphatic heterocycles. The van der Waals surface area contributed by atoms with E-state index in [2.05, 4.69) is 29.7 Å². The van der Waals surface area contributed by atoms with Crippen molar-refractivity contribution in [2.75, 3.05) is 6.54 Å². The van der Waals surface area contributed by atoms with E-state index in [9.17, 15) is 14.7 Å². The Hall–Kier alpha value is -2.86. The maximum atomic E-state index is 12.8. The molecule has 0 fully saturated rings. The van der Waals surface area contributed by atoms with Gasteiger partial charge in [0.15, 0.2) is 0 Å². The molecule has 2 aromatic carbocycles. The van der Waals surface area contributed by atoms with Crippen molar-refractivity contribution in [3.63, 3.8) is 0 Å². The SMILES string of the molecule is CCCC[C@@H](NC(=O)[C@@H](N)Cc1c(C)cc(O)cc1C)C(=O)NCCCc1ccccc1. The Morgan fingerprint density at radius 3 is 2.31 bits per heavy atom. The number of rotatable bonds is 12. The van der Waals surface area contributed by atoms with Gasteiger partial charge in [0.1, 0.15) is 11.8 Å². The summed E-state index contributed by atoms with van der Waals surface area (Å²) in [5.41, 5.74) is 10.2. The first-order chi connectivity index (χ1) is 15.3. The van der Waals surface area contributed by atoms with Crippen LogP contribution in [0, 0.1) is 13.8 Å². The predicted octanol–water partition coefficient (Wildman–Crippen LogP) is 3.30. The van der Waals surface area contributed by atoms with Gasteiger partial charge in [-0.25, -0.2) is 0 Å². The number of amides is 2. The second-order valence-electron chi connectivity index (χ2n) is 8.45. The van der Waals surface area contributed by atoms with Gasteiger partial charge < -0.3 is 21.5 Å². The van der Waals surface area contributed by atoms with Crippen LogP contribution in [0.4, 0.5) is 0 Å². The molecular weight excluding hydrogens is 402 g/mol. The molecule has 0 aliphatic rings. The highest BCUT2D eigenvalue weighted by atomic mass is 16.3. The highest BCUT2D eigenvalue weighted by Gasteiger charge is 2.24. The fourth-order valence-electron chi connectivity index (χ4n) is 3.83. The predicted molar refractivity (Wildman–Crippen MR) is 128 cm³/mol. The molecule has 2 amide bonds. The van der Waals surface area contributed by atoms with Gasteiger partial charge in [-0.3, -0.25) is 9.59 Å². The minimum atomic E-state index is -0.771. The summed E-state index contributed by atoms with van der Waals surface area (Å²) in [6.07, 6.45) is 4.44. The lowest BCUT2D eigenvalue weighted by Crippen LogP contribution is -2.52. The molecule has 32 heavy (non-hydrogen) atoms. The summed E-state index contributed by atoms with van der Waals surface area (Å²) in [5, 5.41) is 15.5. The summed E-state index contributed by atoms with van der Waals surface area (Å²) in [5.74, 6) is -0.299. The first-order valence-corrected chi connectivity index (χ1v) is 11.5. The molecule has 0 unspecified atom stereocenters. The summed E-state index contributed by atoms with van der Waals surface area (Å²) < 4.78 is 0. The summed E-state index contributed by atoms with van der Waals surface area (Å²) in [7, 11) is 0. The van der Waals surface area contributed by atoms with Crippen LogP contribution >= 0.6 is 0 Å². The van der Waals surface area contributed by atoms with Crippen molar-refractivity contribution in [2.24, 2.45) is 5.73 Å². The number of carbonyl (C=O) groups excluding carboxylic acids is 2. The zero-order valence-corrected chi connectivity index (χ0v) is 19.5. The Labute approximate surface area is 191 Å². The molecule has 0 saturated heterocycles. The highest BCUT2D eigenvalue weighted by molar-refractivity contribution is 5.89. The second kappa shape index (κ2) is 12.9. The van der Waals surface area contributed by atoms with Crippen molar-refractivity contribution in [3.05, 3.63) is 64.7 Å². The van der Waals surface area contributed by atoms with Gasteiger partial charge in [-0.1, -0.05) is 50.1 Å². The maximum Gasteiger partial charge on any atom is 0.242 e. The zero-order chi connectivity index (χ0) is 23.5. The first kappa shape index (κ1) is 25.4. The molecule has 0 spiro atoms. The summed E-state index contributed by atoms with van der Waals surface area (Å²) >= 11 is 0. The molecule has 2 aromatic rings. The number of benzene rings is 2. The van der Waals surface area contributed by atoms with Crippen LogP contribution < -0.4 is 16.4 Å². The van der Waals surface area contributed by atoms with Crippen LogP contribution in [0.1, 0.15) is 54.9 Å².